The number of carboxylic acid groups (broad SMARTS) is 1. The van der Waals surface area contributed by atoms with Crippen LogP contribution in [0.1, 0.15) is 39.5 Å². The molecule has 2 aliphatic rings. The minimum absolute atomic E-state index is 0.206. The lowest BCUT2D eigenvalue weighted by Crippen LogP contribution is -2.46. The van der Waals surface area contributed by atoms with Gasteiger partial charge in [0.25, 0.3) is 0 Å². The highest BCUT2D eigenvalue weighted by molar-refractivity contribution is 5.77. The Morgan fingerprint density at radius 3 is 2.85 bits per heavy atom. The average molecular weight is 184 g/mol. The van der Waals surface area contributed by atoms with Crippen LogP contribution in [0.25, 0.3) is 0 Å². The van der Waals surface area contributed by atoms with Crippen LogP contribution in [-0.4, -0.2) is 22.8 Å². The summed E-state index contributed by atoms with van der Waals surface area (Å²) in [7, 11) is 0. The first-order chi connectivity index (χ1) is 6.07. The van der Waals surface area contributed by atoms with E-state index in [-0.39, 0.29) is 11.7 Å². The lowest BCUT2D eigenvalue weighted by Gasteiger charge is -2.35. The van der Waals surface area contributed by atoms with E-state index in [1.165, 1.54) is 0 Å². The van der Waals surface area contributed by atoms with Gasteiger partial charge in [-0.1, -0.05) is 6.92 Å². The van der Waals surface area contributed by atoms with Gasteiger partial charge in [0.2, 0.25) is 0 Å². The fraction of sp³-hybridized carbons (Fsp3) is 0.900. The van der Waals surface area contributed by atoms with E-state index in [9.17, 15) is 9.90 Å². The zero-order valence-corrected chi connectivity index (χ0v) is 8.17. The Kier molecular flexibility index (Phi) is 1.71. The number of ether oxygens (including phenoxy) is 1. The first-order valence-electron chi connectivity index (χ1n) is 4.98. The van der Waals surface area contributed by atoms with Gasteiger partial charge in [0, 0.05) is 0 Å². The molecule has 0 aromatic carbocycles. The van der Waals surface area contributed by atoms with Crippen molar-refractivity contribution in [1.29, 1.82) is 0 Å². The molecule has 74 valence electrons. The Morgan fingerprint density at radius 2 is 2.38 bits per heavy atom. The predicted molar refractivity (Wildman–Crippen MR) is 47.5 cm³/mol. The predicted octanol–water partition coefficient (Wildman–Crippen LogP) is 1.81. The standard InChI is InChI=1S/C10H16O3/c1-3-10(8(11)12)6-4-5-7-9(10,2)13-7/h7H,3-6H2,1-2H3,(H,11,12). The zero-order valence-electron chi connectivity index (χ0n) is 8.17. The molecule has 1 heterocycles. The summed E-state index contributed by atoms with van der Waals surface area (Å²) in [6.07, 6.45) is 3.67. The van der Waals surface area contributed by atoms with Gasteiger partial charge in [0.05, 0.1) is 11.5 Å². The highest BCUT2D eigenvalue weighted by atomic mass is 16.6. The molecule has 0 aromatic rings. The van der Waals surface area contributed by atoms with Crippen molar-refractivity contribution in [2.45, 2.75) is 51.2 Å². The molecule has 2 fully saturated rings. The van der Waals surface area contributed by atoms with Crippen LogP contribution in [0.4, 0.5) is 0 Å². The van der Waals surface area contributed by atoms with Crippen molar-refractivity contribution < 1.29 is 14.6 Å². The van der Waals surface area contributed by atoms with Gasteiger partial charge < -0.3 is 9.84 Å². The first-order valence-corrected chi connectivity index (χ1v) is 4.98. The maximum absolute atomic E-state index is 11.3. The van der Waals surface area contributed by atoms with Crippen LogP contribution in [0, 0.1) is 5.41 Å². The van der Waals surface area contributed by atoms with E-state index in [0.29, 0.717) is 6.42 Å². The Balaban J connectivity index is 2.32. The van der Waals surface area contributed by atoms with Gasteiger partial charge in [-0.2, -0.15) is 0 Å². The highest BCUT2D eigenvalue weighted by Gasteiger charge is 2.69. The molecule has 3 atom stereocenters. The lowest BCUT2D eigenvalue weighted by atomic mass is 9.65. The average Bonchev–Trinajstić information content (AvgIpc) is 2.75. The van der Waals surface area contributed by atoms with Gasteiger partial charge in [-0.15, -0.1) is 0 Å². The van der Waals surface area contributed by atoms with Gasteiger partial charge in [-0.3, -0.25) is 4.79 Å². The van der Waals surface area contributed by atoms with Crippen molar-refractivity contribution in [3.05, 3.63) is 0 Å². The molecule has 13 heavy (non-hydrogen) atoms. The lowest BCUT2D eigenvalue weighted by molar-refractivity contribution is -0.154. The maximum atomic E-state index is 11.3. The summed E-state index contributed by atoms with van der Waals surface area (Å²) in [5.41, 5.74) is -0.984. The number of hydrogen-bond acceptors (Lipinski definition) is 2. The number of fused-ring (bicyclic) bond motifs is 1. The van der Waals surface area contributed by atoms with Crippen LogP contribution in [0.3, 0.4) is 0 Å². The van der Waals surface area contributed by atoms with Gasteiger partial charge >= 0.3 is 5.97 Å². The molecule has 3 heteroatoms. The molecule has 1 saturated heterocycles. The highest BCUT2D eigenvalue weighted by Crippen LogP contribution is 2.59. The normalized spacial score (nSPS) is 48.3. The molecule has 1 N–H and O–H groups in total. The van der Waals surface area contributed by atoms with Gasteiger partial charge in [-0.25, -0.2) is 0 Å². The first kappa shape index (κ1) is 9.00. The van der Waals surface area contributed by atoms with Crippen LogP contribution in [-0.2, 0) is 9.53 Å². The monoisotopic (exact) mass is 184 g/mol. The van der Waals surface area contributed by atoms with Gasteiger partial charge in [0.15, 0.2) is 0 Å². The summed E-state index contributed by atoms with van der Waals surface area (Å²) in [6, 6.07) is 0. The quantitative estimate of drug-likeness (QED) is 0.666. The van der Waals surface area contributed by atoms with Gasteiger partial charge in [0.1, 0.15) is 5.60 Å². The minimum atomic E-state index is -0.681. The molecule has 3 unspecified atom stereocenters. The van der Waals surface area contributed by atoms with Crippen molar-refractivity contribution in [3.63, 3.8) is 0 Å². The van der Waals surface area contributed by atoms with E-state index in [1.54, 1.807) is 0 Å². The second-order valence-corrected chi connectivity index (χ2v) is 4.35. The van der Waals surface area contributed by atoms with Crippen molar-refractivity contribution in [3.8, 4) is 0 Å². The zero-order chi connectivity index (χ0) is 9.69. The third-order valence-corrected chi connectivity index (χ3v) is 3.98. The van der Waals surface area contributed by atoms with E-state index < -0.39 is 11.4 Å². The number of aliphatic carboxylic acids is 1. The summed E-state index contributed by atoms with van der Waals surface area (Å²) < 4.78 is 5.55. The fourth-order valence-electron chi connectivity index (χ4n) is 2.85. The molecule has 0 spiro atoms. The van der Waals surface area contributed by atoms with E-state index in [0.717, 1.165) is 19.3 Å². The third-order valence-electron chi connectivity index (χ3n) is 3.98. The number of carboxylic acids is 1. The van der Waals surface area contributed by atoms with Crippen LogP contribution in [0.2, 0.25) is 0 Å². The molecule has 2 rings (SSSR count). The number of epoxide rings is 1. The third kappa shape index (κ3) is 0.909. The Labute approximate surface area is 78.1 Å². The summed E-state index contributed by atoms with van der Waals surface area (Å²) in [5.74, 6) is -0.681. The second kappa shape index (κ2) is 2.47. The van der Waals surface area contributed by atoms with Crippen LogP contribution in [0.5, 0.6) is 0 Å². The minimum Gasteiger partial charge on any atom is -0.481 e. The largest absolute Gasteiger partial charge is 0.481 e. The molecule has 0 amide bonds. The van der Waals surface area contributed by atoms with E-state index in [2.05, 4.69) is 0 Å². The topological polar surface area (TPSA) is 49.8 Å². The summed E-state index contributed by atoms with van der Waals surface area (Å²) >= 11 is 0. The van der Waals surface area contributed by atoms with Gasteiger partial charge in [-0.05, 0) is 32.6 Å². The van der Waals surface area contributed by atoms with E-state index in [4.69, 9.17) is 4.74 Å². The van der Waals surface area contributed by atoms with Crippen molar-refractivity contribution in [2.24, 2.45) is 5.41 Å². The van der Waals surface area contributed by atoms with E-state index >= 15 is 0 Å². The SMILES string of the molecule is CCC1(C(=O)O)CCCC2OC21C. The van der Waals surface area contributed by atoms with E-state index in [1.807, 2.05) is 13.8 Å². The second-order valence-electron chi connectivity index (χ2n) is 4.35. The number of hydrogen-bond donors (Lipinski definition) is 1. The van der Waals surface area contributed by atoms with Crippen molar-refractivity contribution in [1.82, 2.24) is 0 Å². The smallest absolute Gasteiger partial charge is 0.312 e. The molecular formula is C10H16O3. The maximum Gasteiger partial charge on any atom is 0.312 e. The summed E-state index contributed by atoms with van der Waals surface area (Å²) in [6.45, 7) is 3.90. The Bertz CT molecular complexity index is 251. The molecule has 3 nitrogen and oxygen atoms in total. The molecule has 1 aliphatic carbocycles. The molecule has 0 radical (unpaired) electrons. The molecule has 0 aromatic heterocycles. The fourth-order valence-corrected chi connectivity index (χ4v) is 2.85. The number of rotatable bonds is 2. The molecule has 1 saturated carbocycles. The summed E-state index contributed by atoms with van der Waals surface area (Å²) in [4.78, 5) is 11.3. The molecular weight excluding hydrogens is 168 g/mol. The number of carbonyl (C=O) groups is 1. The summed E-state index contributed by atoms with van der Waals surface area (Å²) in [5, 5.41) is 9.27. The Morgan fingerprint density at radius 1 is 1.69 bits per heavy atom. The van der Waals surface area contributed by atoms with Crippen molar-refractivity contribution >= 4 is 5.97 Å². The van der Waals surface area contributed by atoms with Crippen LogP contribution >= 0.6 is 0 Å². The van der Waals surface area contributed by atoms with Crippen LogP contribution in [0.15, 0.2) is 0 Å². The molecule has 0 bridgehead atoms. The Hall–Kier alpha value is -0.570. The van der Waals surface area contributed by atoms with Crippen molar-refractivity contribution in [2.75, 3.05) is 0 Å². The van der Waals surface area contributed by atoms with Crippen LogP contribution < -0.4 is 0 Å². The molecule has 1 aliphatic heterocycles.